The van der Waals surface area contributed by atoms with Gasteiger partial charge < -0.3 is 20.4 Å². The molecule has 624 valence electrons. The third-order valence-corrected chi connectivity index (χ3v) is 28.3. The number of nitrogens with zero attached hydrogens (tertiary/aromatic N) is 10. The van der Waals surface area contributed by atoms with E-state index in [9.17, 15) is 9.59 Å². The van der Waals surface area contributed by atoms with Crippen LogP contribution in [0.25, 0.3) is 23.5 Å². The molecule has 2 N–H and O–H groups in total. The van der Waals surface area contributed by atoms with Gasteiger partial charge in [0.05, 0.1) is 51.2 Å². The molecule has 10 aliphatic rings. The summed E-state index contributed by atoms with van der Waals surface area (Å²) in [6.45, 7) is 15.4. The fourth-order valence-electron chi connectivity index (χ4n) is 18.8. The van der Waals surface area contributed by atoms with Gasteiger partial charge in [-0.05, 0) is 217 Å². The Hall–Kier alpha value is -6.10. The number of benzene rings is 4. The highest BCUT2D eigenvalue weighted by Gasteiger charge is 2.42. The SMILES string of the molecule is COOSN1CCC(C2c3ccc(Cl)cc3C(=O)Cc3cccnc32)CC1.COOSN1CCC(C2c3ccc(Cl)cc3C(N3CCNCC3)=Cc3cccnc32)CC1.COOSN1CCC(C2c3ccc(Cl)cc3C=C(N3CCNCC3)c3cccnc32)CC1.COOSN1CCC(C2c3ccc(Cl)cc3CC(=O)c3cccnc32)CC1. The summed E-state index contributed by atoms with van der Waals surface area (Å²) in [5, 5.41) is 9.77. The molecule has 6 fully saturated rings. The van der Waals surface area contributed by atoms with Crippen LogP contribution in [-0.4, -0.2) is 192 Å². The van der Waals surface area contributed by atoms with Gasteiger partial charge in [-0.3, -0.25) is 29.5 Å². The zero-order valence-corrected chi connectivity index (χ0v) is 73.0. The Bertz CT molecular complexity index is 4760. The molecule has 0 saturated carbocycles. The fraction of sp³-hybridized carbons (Fsp3) is 0.432. The van der Waals surface area contributed by atoms with Gasteiger partial charge in [-0.2, -0.15) is 0 Å². The van der Waals surface area contributed by atoms with Gasteiger partial charge in [0.1, 0.15) is 48.9 Å². The molecule has 10 heterocycles. The Morgan fingerprint density at radius 3 is 1.21 bits per heavy atom. The number of aromatic nitrogens is 4. The van der Waals surface area contributed by atoms with Crippen molar-refractivity contribution >= 4 is 130 Å². The van der Waals surface area contributed by atoms with Crippen molar-refractivity contribution < 1.29 is 46.5 Å². The monoisotopic (exact) mass is 1750 g/mol. The molecule has 4 unspecified atom stereocenters. The predicted molar refractivity (Wildman–Crippen MR) is 471 cm³/mol. The molecule has 22 nitrogen and oxygen atoms in total. The molecule has 0 bridgehead atoms. The lowest BCUT2D eigenvalue weighted by molar-refractivity contribution is -0.164. The molecule has 118 heavy (non-hydrogen) atoms. The first-order valence-electron chi connectivity index (χ1n) is 40.7. The van der Waals surface area contributed by atoms with E-state index in [2.05, 4.69) is 113 Å². The van der Waals surface area contributed by atoms with Crippen LogP contribution in [0.1, 0.15) is 174 Å². The number of carbonyl (C=O) groups excluding carboxylic acids is 2. The van der Waals surface area contributed by atoms with Crippen molar-refractivity contribution in [2.75, 3.05) is 133 Å². The molecular formula is C88H100Cl4N12O10S4. The summed E-state index contributed by atoms with van der Waals surface area (Å²) < 4.78 is 28.9. The minimum atomic E-state index is 0.107. The minimum Gasteiger partial charge on any atom is -0.368 e. The molecule has 6 saturated heterocycles. The Morgan fingerprint density at radius 1 is 0.347 bits per heavy atom. The van der Waals surface area contributed by atoms with Crippen molar-refractivity contribution in [3.05, 3.63) is 256 Å². The number of nitrogens with one attached hydrogen (secondary N) is 2. The predicted octanol–water partition coefficient (Wildman–Crippen LogP) is 17.8. The Kier molecular flexibility index (Phi) is 31.1. The normalized spacial score (nSPS) is 21.5. The zero-order valence-electron chi connectivity index (χ0n) is 66.7. The lowest BCUT2D eigenvalue weighted by atomic mass is 9.76. The average molecular weight is 1760 g/mol. The first-order chi connectivity index (χ1) is 57.8. The van der Waals surface area contributed by atoms with Crippen molar-refractivity contribution in [3.63, 3.8) is 0 Å². The number of hydrogen-bond donors (Lipinski definition) is 2. The number of Topliss-reactive ketones (excluding diaryl/α,β-unsaturated/α-hetero) is 2. The third kappa shape index (κ3) is 20.9. The number of hydrogen-bond acceptors (Lipinski definition) is 26. The number of fused-ring (bicyclic) bond motifs is 8. The van der Waals surface area contributed by atoms with Gasteiger partial charge in [-0.1, -0.05) is 82.8 Å². The maximum absolute atomic E-state index is 12.9. The Balaban J connectivity index is 0.000000123. The van der Waals surface area contributed by atoms with Gasteiger partial charge in [0.15, 0.2) is 11.6 Å². The molecule has 18 rings (SSSR count). The second kappa shape index (κ2) is 42.3. The van der Waals surface area contributed by atoms with Crippen LogP contribution >= 0.6 is 95.3 Å². The summed E-state index contributed by atoms with van der Waals surface area (Å²) in [5.74, 6) is 2.74. The van der Waals surface area contributed by atoms with E-state index in [1.807, 2.05) is 91.4 Å². The first-order valence-corrected chi connectivity index (χ1v) is 45.0. The van der Waals surface area contributed by atoms with E-state index >= 15 is 0 Å². The molecule has 30 heteroatoms. The van der Waals surface area contributed by atoms with E-state index < -0.39 is 0 Å². The number of piperidine rings is 4. The summed E-state index contributed by atoms with van der Waals surface area (Å²) in [5.41, 5.74) is 20.2. The highest BCUT2D eigenvalue weighted by atomic mass is 35.5. The third-order valence-electron chi connectivity index (χ3n) is 24.2. The van der Waals surface area contributed by atoms with E-state index in [4.69, 9.17) is 88.5 Å². The first kappa shape index (κ1) is 86.8. The Morgan fingerprint density at radius 2 is 0.703 bits per heavy atom. The molecule has 0 spiro atoms. The van der Waals surface area contributed by atoms with Crippen LogP contribution < -0.4 is 10.6 Å². The standard InChI is InChI=1S/2C24H29ClN4O2S.2C20H21ClN2O3S/c1-30-31-32-29-11-6-17(7-12-29)23-20-5-4-19(25)15-18(20)16-22(28-13-9-26-10-14-28)21-3-2-8-27-24(21)23;1-30-31-32-29-11-6-17(7-12-29)23-20-5-4-19(25)16-21(20)22(28-13-9-26-10-14-28)15-18-3-2-8-27-24(18)23;1-25-26-27-23-9-6-13(7-10-23)19-16-5-4-15(21)11-14(16)12-18(24)17-3-2-8-22-20(17)19;1-25-26-27-23-9-6-13(7-10-23)19-16-5-4-15(21)12-17(16)18(24)11-14-3-2-8-22-20(14)19/h2*2-5,8,15-17,23,26H,6-7,9-14H2,1H3;2-5,8,11,13,19H,6-7,9-10,12H2,1H3;2-5,8,12-13,19H,6-7,9-11H2,1H3. The number of pyridine rings is 4. The number of halogens is 4. The van der Waals surface area contributed by atoms with Crippen LogP contribution in [0, 0.1) is 23.7 Å². The number of carbonyl (C=O) groups is 2. The molecule has 6 aliphatic heterocycles. The molecule has 0 radical (unpaired) electrons. The highest BCUT2D eigenvalue weighted by Crippen LogP contribution is 2.51. The number of piperazine rings is 2. The van der Waals surface area contributed by atoms with Gasteiger partial charge in [0.25, 0.3) is 0 Å². The molecule has 8 aromatic rings. The highest BCUT2D eigenvalue weighted by molar-refractivity contribution is 7.92. The van der Waals surface area contributed by atoms with Crippen molar-refractivity contribution in [1.29, 1.82) is 0 Å². The van der Waals surface area contributed by atoms with Crippen molar-refractivity contribution in [2.24, 2.45) is 23.7 Å². The van der Waals surface area contributed by atoms with Gasteiger partial charge in [-0.25, -0.2) is 36.8 Å². The number of ketones is 2. The second-order valence-electron chi connectivity index (χ2n) is 30.9. The summed E-state index contributed by atoms with van der Waals surface area (Å²) >= 11 is 30.5. The quantitative estimate of drug-likeness (QED) is 0.0355. The van der Waals surface area contributed by atoms with Gasteiger partial charge in [0.2, 0.25) is 0 Å². The van der Waals surface area contributed by atoms with Crippen LogP contribution in [0.5, 0.6) is 0 Å². The molecule has 4 aromatic heterocycles. The van der Waals surface area contributed by atoms with E-state index in [1.165, 1.54) is 125 Å². The smallest absolute Gasteiger partial charge is 0.169 e. The molecular weight excluding hydrogens is 1660 g/mol. The second-order valence-corrected chi connectivity index (χ2v) is 35.9. The van der Waals surface area contributed by atoms with Gasteiger partial charge >= 0.3 is 0 Å². The summed E-state index contributed by atoms with van der Waals surface area (Å²) in [6, 6.07) is 40.7. The average Bonchev–Trinajstić information content (AvgIpc) is 1.64. The van der Waals surface area contributed by atoms with Crippen LogP contribution in [0.2, 0.25) is 20.1 Å². The molecule has 4 aromatic carbocycles. The fourth-order valence-corrected chi connectivity index (χ4v) is 21.5. The zero-order chi connectivity index (χ0) is 81.4. The van der Waals surface area contributed by atoms with E-state index in [0.717, 1.165) is 205 Å². The lowest BCUT2D eigenvalue weighted by Gasteiger charge is -2.36. The van der Waals surface area contributed by atoms with E-state index in [-0.39, 0.29) is 35.2 Å². The van der Waals surface area contributed by atoms with Crippen molar-refractivity contribution in [2.45, 2.75) is 87.9 Å². The molecule has 4 aliphatic carbocycles. The van der Waals surface area contributed by atoms with Crippen LogP contribution in [0.3, 0.4) is 0 Å². The van der Waals surface area contributed by atoms with Crippen molar-refractivity contribution in [3.8, 4) is 0 Å². The largest absolute Gasteiger partial charge is 0.368 e. The maximum atomic E-state index is 12.9. The number of rotatable bonds is 18. The minimum absolute atomic E-state index is 0.107. The molecule has 4 atom stereocenters. The van der Waals surface area contributed by atoms with Crippen molar-refractivity contribution in [1.82, 2.24) is 57.6 Å². The van der Waals surface area contributed by atoms with Gasteiger partial charge in [0, 0.05) is 220 Å². The summed E-state index contributed by atoms with van der Waals surface area (Å²) in [7, 11) is 6.10. The van der Waals surface area contributed by atoms with E-state index in [0.29, 0.717) is 46.6 Å². The molecule has 0 amide bonds. The van der Waals surface area contributed by atoms with Crippen LogP contribution in [-0.2, 0) is 49.7 Å². The summed E-state index contributed by atoms with van der Waals surface area (Å²) in [4.78, 5) is 68.9. The lowest BCUT2D eigenvalue weighted by Crippen LogP contribution is -2.42. The topological polar surface area (TPSA) is 203 Å². The maximum Gasteiger partial charge on any atom is 0.169 e. The van der Waals surface area contributed by atoms with Crippen LogP contribution in [0.15, 0.2) is 146 Å². The van der Waals surface area contributed by atoms with Crippen LogP contribution in [0.4, 0.5) is 0 Å². The Labute approximate surface area is 729 Å². The van der Waals surface area contributed by atoms with Gasteiger partial charge in [-0.15, -0.1) is 17.3 Å². The summed E-state index contributed by atoms with van der Waals surface area (Å²) in [6.07, 6.45) is 21.2. The van der Waals surface area contributed by atoms with E-state index in [1.54, 1.807) is 20.4 Å².